The van der Waals surface area contributed by atoms with Crippen molar-refractivity contribution in [2.45, 2.75) is 114 Å². The normalized spacial score (nSPS) is 30.5. The molecule has 4 bridgehead atoms. The van der Waals surface area contributed by atoms with Crippen LogP contribution in [0.4, 0.5) is 0 Å². The highest BCUT2D eigenvalue weighted by molar-refractivity contribution is 5.73. The van der Waals surface area contributed by atoms with Crippen molar-refractivity contribution < 1.29 is 20.1 Å². The number of aliphatic hydroxyl groups excluding tert-OH is 1. The number of carbonyl (C=O) groups is 1. The molecule has 4 heteroatoms. The lowest BCUT2D eigenvalue weighted by molar-refractivity contribution is -0.145. The Morgan fingerprint density at radius 3 is 2.28 bits per heavy atom. The van der Waals surface area contributed by atoms with Crippen LogP contribution < -0.4 is 10.4 Å². The van der Waals surface area contributed by atoms with Gasteiger partial charge in [-0.05, 0) is 146 Å². The van der Waals surface area contributed by atoms with Gasteiger partial charge in [0.25, 0.3) is 0 Å². The van der Waals surface area contributed by atoms with E-state index >= 15 is 0 Å². The van der Waals surface area contributed by atoms with Gasteiger partial charge in [0, 0.05) is 10.8 Å². The van der Waals surface area contributed by atoms with E-state index in [1.807, 2.05) is 12.1 Å². The number of phenols is 1. The van der Waals surface area contributed by atoms with Crippen LogP contribution in [-0.4, -0.2) is 27.9 Å². The summed E-state index contributed by atoms with van der Waals surface area (Å²) in [7, 11) is 0. The highest BCUT2D eigenvalue weighted by Gasteiger charge is 2.50. The van der Waals surface area contributed by atoms with Crippen LogP contribution in [0.1, 0.15) is 113 Å². The second-order valence-corrected chi connectivity index (χ2v) is 17.4. The van der Waals surface area contributed by atoms with E-state index in [0.717, 1.165) is 57.8 Å². The predicted octanol–water partition coefficient (Wildman–Crippen LogP) is 9.30. The van der Waals surface area contributed by atoms with Crippen LogP contribution in [0.3, 0.4) is 0 Å². The molecule has 0 saturated heterocycles. The third-order valence-electron chi connectivity index (χ3n) is 14.5. The molecule has 3 aromatic rings. The van der Waals surface area contributed by atoms with Crippen LogP contribution in [0.25, 0.3) is 12.2 Å². The molecule has 3 N–H and O–H groups in total. The standard InChI is InChI=1S/C49H58O4/c50-33-37-15-14-34(26-37)8-3-1-2-4-12-43-27-35-16-21-46(47(52)53)49(25-23-40-29-38-10-5-6-11-39(38)30-41(40)32-49)44-13-7-9-36(28-44)31-48(43,24-22-35)42-17-19-45(51)20-18-42/h5-7,9-11,13,16-20,26,28-30,34,40-41,43,46,50-51H,1-4,8,12,14-15,21-25,27,31-33H2,(H,52,53). The van der Waals surface area contributed by atoms with Gasteiger partial charge in [-0.25, -0.2) is 0 Å². The molecular formula is C49H58O4. The summed E-state index contributed by atoms with van der Waals surface area (Å²) in [6.07, 6.45) is 26.4. The summed E-state index contributed by atoms with van der Waals surface area (Å²) in [4.78, 5) is 13.5. The van der Waals surface area contributed by atoms with Gasteiger partial charge in [-0.2, -0.15) is 0 Å². The van der Waals surface area contributed by atoms with Crippen molar-refractivity contribution in [3.63, 3.8) is 0 Å². The van der Waals surface area contributed by atoms with Gasteiger partial charge in [0.05, 0.1) is 12.5 Å². The van der Waals surface area contributed by atoms with Crippen molar-refractivity contribution in [3.05, 3.63) is 123 Å². The van der Waals surface area contributed by atoms with Gasteiger partial charge in [0.1, 0.15) is 5.75 Å². The van der Waals surface area contributed by atoms with Crippen LogP contribution in [0.2, 0.25) is 0 Å². The molecule has 0 aliphatic heterocycles. The minimum absolute atomic E-state index is 0.0506. The summed E-state index contributed by atoms with van der Waals surface area (Å²) in [5.74, 6) is 1.03. The Balaban J connectivity index is 1.10. The summed E-state index contributed by atoms with van der Waals surface area (Å²) in [6.45, 7) is 0.215. The molecule has 2 saturated carbocycles. The summed E-state index contributed by atoms with van der Waals surface area (Å²) in [5, 5.41) is 33.5. The molecule has 0 amide bonds. The molecule has 6 aliphatic rings. The number of hydrogen-bond acceptors (Lipinski definition) is 3. The highest BCUT2D eigenvalue weighted by atomic mass is 16.4. The number of carboxylic acids is 1. The van der Waals surface area contributed by atoms with E-state index in [1.54, 1.807) is 0 Å². The fraction of sp³-hybridized carbons (Fsp3) is 0.490. The Labute approximate surface area is 316 Å². The third-order valence-corrected chi connectivity index (χ3v) is 14.5. The summed E-state index contributed by atoms with van der Waals surface area (Å²) in [6, 6.07) is 25.9. The van der Waals surface area contributed by atoms with Gasteiger partial charge in [-0.1, -0.05) is 116 Å². The smallest absolute Gasteiger partial charge is 0.307 e. The molecule has 278 valence electrons. The van der Waals surface area contributed by atoms with E-state index in [1.165, 1.54) is 76.8 Å². The van der Waals surface area contributed by atoms with Crippen LogP contribution in [0, 0.1) is 29.6 Å². The molecule has 7 atom stereocenters. The van der Waals surface area contributed by atoms with E-state index in [0.29, 0.717) is 35.8 Å². The van der Waals surface area contributed by atoms with Crippen LogP contribution >= 0.6 is 0 Å². The van der Waals surface area contributed by atoms with Gasteiger partial charge in [0.15, 0.2) is 0 Å². The Hall–Kier alpha value is -3.89. The lowest BCUT2D eigenvalue weighted by Crippen LogP contribution is -2.47. The fourth-order valence-corrected chi connectivity index (χ4v) is 11.6. The zero-order valence-corrected chi connectivity index (χ0v) is 31.4. The van der Waals surface area contributed by atoms with Crippen LogP contribution in [-0.2, 0) is 22.0 Å². The molecule has 9 rings (SSSR count). The first-order valence-electron chi connectivity index (χ1n) is 20.7. The largest absolute Gasteiger partial charge is 0.508 e. The summed E-state index contributed by atoms with van der Waals surface area (Å²) in [5.41, 5.74) is 6.04. The lowest BCUT2D eigenvalue weighted by Gasteiger charge is -2.49. The average molecular weight is 711 g/mol. The van der Waals surface area contributed by atoms with Crippen molar-refractivity contribution in [2.75, 3.05) is 6.61 Å². The maximum Gasteiger partial charge on any atom is 0.307 e. The van der Waals surface area contributed by atoms with Crippen molar-refractivity contribution in [1.29, 1.82) is 0 Å². The molecule has 4 nitrogen and oxygen atoms in total. The molecule has 0 heterocycles. The predicted molar refractivity (Wildman–Crippen MR) is 214 cm³/mol. The number of unbranched alkanes of at least 4 members (excludes halogenated alkanes) is 3. The van der Waals surface area contributed by atoms with E-state index < -0.39 is 17.3 Å². The maximum atomic E-state index is 13.5. The van der Waals surface area contributed by atoms with Gasteiger partial charge < -0.3 is 15.3 Å². The summed E-state index contributed by atoms with van der Waals surface area (Å²) >= 11 is 0. The summed E-state index contributed by atoms with van der Waals surface area (Å²) < 4.78 is 0. The fourth-order valence-electron chi connectivity index (χ4n) is 11.6. The number of allylic oxidation sites excluding steroid dienone is 3. The zero-order valence-electron chi connectivity index (χ0n) is 31.4. The van der Waals surface area contributed by atoms with E-state index in [-0.39, 0.29) is 12.0 Å². The second kappa shape index (κ2) is 15.5. The Morgan fingerprint density at radius 1 is 0.755 bits per heavy atom. The molecule has 0 aromatic heterocycles. The number of aromatic hydroxyl groups is 1. The first kappa shape index (κ1) is 36.1. The number of fused-ring (bicyclic) bond motifs is 6. The number of hydrogen-bond donors (Lipinski definition) is 3. The molecule has 0 radical (unpaired) electrons. The Morgan fingerprint density at radius 2 is 1.53 bits per heavy atom. The molecule has 1 spiro atoms. The van der Waals surface area contributed by atoms with Crippen molar-refractivity contribution in [2.24, 2.45) is 29.6 Å². The minimum Gasteiger partial charge on any atom is -0.508 e. The molecular weight excluding hydrogens is 653 g/mol. The number of aliphatic carboxylic acids is 1. The molecule has 2 fully saturated rings. The average Bonchev–Trinajstić information content (AvgIpc) is 3.64. The molecule has 6 aliphatic carbocycles. The lowest BCUT2D eigenvalue weighted by atomic mass is 9.54. The van der Waals surface area contributed by atoms with Gasteiger partial charge in [-0.3, -0.25) is 4.79 Å². The van der Waals surface area contributed by atoms with Crippen LogP contribution in [0.5, 0.6) is 5.75 Å². The van der Waals surface area contributed by atoms with Crippen LogP contribution in [0.15, 0.2) is 96.1 Å². The second-order valence-electron chi connectivity index (χ2n) is 17.4. The van der Waals surface area contributed by atoms with Gasteiger partial charge in [0.2, 0.25) is 0 Å². The van der Waals surface area contributed by atoms with Crippen molar-refractivity contribution in [1.82, 2.24) is 0 Å². The van der Waals surface area contributed by atoms with Gasteiger partial charge in [-0.15, -0.1) is 0 Å². The van der Waals surface area contributed by atoms with E-state index in [4.69, 9.17) is 0 Å². The monoisotopic (exact) mass is 710 g/mol. The molecule has 7 unspecified atom stereocenters. The number of rotatable bonds is 10. The van der Waals surface area contributed by atoms with E-state index in [9.17, 15) is 20.1 Å². The maximum absolute atomic E-state index is 13.5. The van der Waals surface area contributed by atoms with Gasteiger partial charge >= 0.3 is 5.97 Å². The minimum atomic E-state index is -0.658. The number of benzene rings is 3. The topological polar surface area (TPSA) is 77.8 Å². The Bertz CT molecular complexity index is 1970. The quantitative estimate of drug-likeness (QED) is 0.145. The van der Waals surface area contributed by atoms with Crippen molar-refractivity contribution >= 4 is 18.1 Å². The van der Waals surface area contributed by atoms with Crippen molar-refractivity contribution in [3.8, 4) is 5.75 Å². The first-order valence-corrected chi connectivity index (χ1v) is 20.7. The molecule has 3 aromatic carbocycles. The van der Waals surface area contributed by atoms with E-state index in [2.05, 4.69) is 85.0 Å². The number of phenolic OH excluding ortho intramolecular Hbond substituents is 1. The number of carboxylic acid groups (broad SMARTS) is 1. The number of aliphatic hydroxyl groups is 1. The SMILES string of the molecule is O=C(O)C1CC=C2CCC(c3ccc(O)cc3)(Cc3cccc(c3)C13CCC1C=c4ccccc4=CC1C3)C(CCCCCCC1C=C(CO)CC1)C2. The first-order chi connectivity index (χ1) is 25.8. The third kappa shape index (κ3) is 7.33. The molecule has 53 heavy (non-hydrogen) atoms. The Kier molecular flexibility index (Phi) is 10.5. The highest BCUT2D eigenvalue weighted by Crippen LogP contribution is 2.55. The zero-order chi connectivity index (χ0) is 36.4.